The standard InChI is InChI=1S/C16H22N2O2/c1-10-7-14(5-6-16(10)18(19)20)17-11(2)15-9-12-3-4-13(15)8-12/h5-7,11-13,15,17H,3-4,8-9H2,1-2H3. The van der Waals surface area contributed by atoms with Crippen LogP contribution in [-0.2, 0) is 0 Å². The van der Waals surface area contributed by atoms with Gasteiger partial charge in [-0.15, -0.1) is 0 Å². The summed E-state index contributed by atoms with van der Waals surface area (Å²) in [5, 5.41) is 14.4. The van der Waals surface area contributed by atoms with Gasteiger partial charge in [0, 0.05) is 23.4 Å². The Morgan fingerprint density at radius 3 is 2.70 bits per heavy atom. The summed E-state index contributed by atoms with van der Waals surface area (Å²) in [5.74, 6) is 2.61. The summed E-state index contributed by atoms with van der Waals surface area (Å²) < 4.78 is 0. The summed E-state index contributed by atoms with van der Waals surface area (Å²) in [6.45, 7) is 4.05. The van der Waals surface area contributed by atoms with Gasteiger partial charge >= 0.3 is 0 Å². The molecule has 1 aromatic rings. The number of fused-ring (bicyclic) bond motifs is 2. The molecule has 0 amide bonds. The van der Waals surface area contributed by atoms with E-state index in [0.29, 0.717) is 6.04 Å². The number of nitro benzene ring substituents is 1. The molecule has 2 fully saturated rings. The molecule has 4 heteroatoms. The molecule has 0 radical (unpaired) electrons. The number of rotatable bonds is 4. The van der Waals surface area contributed by atoms with Gasteiger partial charge in [0.15, 0.2) is 0 Å². The second-order valence-electron chi connectivity index (χ2n) is 6.53. The molecule has 4 unspecified atom stereocenters. The van der Waals surface area contributed by atoms with Crippen molar-refractivity contribution in [1.82, 2.24) is 0 Å². The summed E-state index contributed by atoms with van der Waals surface area (Å²) in [6.07, 6.45) is 5.58. The third-order valence-electron chi connectivity index (χ3n) is 5.22. The molecule has 2 aliphatic rings. The molecule has 0 spiro atoms. The lowest BCUT2D eigenvalue weighted by Crippen LogP contribution is -2.29. The highest BCUT2D eigenvalue weighted by atomic mass is 16.6. The van der Waals surface area contributed by atoms with Crippen LogP contribution in [0, 0.1) is 34.8 Å². The van der Waals surface area contributed by atoms with Crippen LogP contribution in [0.2, 0.25) is 0 Å². The fraction of sp³-hybridized carbons (Fsp3) is 0.625. The van der Waals surface area contributed by atoms with E-state index in [2.05, 4.69) is 12.2 Å². The monoisotopic (exact) mass is 274 g/mol. The molecule has 1 N–H and O–H groups in total. The van der Waals surface area contributed by atoms with E-state index in [4.69, 9.17) is 0 Å². The summed E-state index contributed by atoms with van der Waals surface area (Å²) in [5.41, 5.74) is 1.92. The van der Waals surface area contributed by atoms with Crippen molar-refractivity contribution in [3.63, 3.8) is 0 Å². The Hall–Kier alpha value is -1.58. The second-order valence-corrected chi connectivity index (χ2v) is 6.53. The molecule has 2 saturated carbocycles. The van der Waals surface area contributed by atoms with E-state index in [9.17, 15) is 10.1 Å². The molecule has 1 aromatic carbocycles. The van der Waals surface area contributed by atoms with E-state index in [1.54, 1.807) is 13.0 Å². The highest BCUT2D eigenvalue weighted by Crippen LogP contribution is 2.49. The Morgan fingerprint density at radius 2 is 2.15 bits per heavy atom. The highest BCUT2D eigenvalue weighted by molar-refractivity contribution is 5.54. The van der Waals surface area contributed by atoms with Crippen LogP contribution in [0.3, 0.4) is 0 Å². The van der Waals surface area contributed by atoms with Crippen molar-refractivity contribution in [3.05, 3.63) is 33.9 Å². The van der Waals surface area contributed by atoms with Crippen LogP contribution in [0.15, 0.2) is 18.2 Å². The third kappa shape index (κ3) is 2.39. The lowest BCUT2D eigenvalue weighted by atomic mass is 9.84. The van der Waals surface area contributed by atoms with Crippen molar-refractivity contribution in [2.45, 2.75) is 45.6 Å². The van der Waals surface area contributed by atoms with Crippen molar-refractivity contribution < 1.29 is 4.92 Å². The van der Waals surface area contributed by atoms with Crippen molar-refractivity contribution >= 4 is 11.4 Å². The molecule has 4 nitrogen and oxygen atoms in total. The average Bonchev–Trinajstić information content (AvgIpc) is 3.00. The Morgan fingerprint density at radius 1 is 1.35 bits per heavy atom. The molecule has 0 aromatic heterocycles. The van der Waals surface area contributed by atoms with Crippen LogP contribution in [-0.4, -0.2) is 11.0 Å². The minimum Gasteiger partial charge on any atom is -0.382 e. The Kier molecular flexibility index (Phi) is 3.40. The van der Waals surface area contributed by atoms with Gasteiger partial charge in [-0.1, -0.05) is 6.42 Å². The number of hydrogen-bond donors (Lipinski definition) is 1. The summed E-state index contributed by atoms with van der Waals surface area (Å²) in [6, 6.07) is 5.77. The molecule has 0 saturated heterocycles. The van der Waals surface area contributed by atoms with E-state index in [-0.39, 0.29) is 10.6 Å². The molecular weight excluding hydrogens is 252 g/mol. The maximum Gasteiger partial charge on any atom is 0.272 e. The van der Waals surface area contributed by atoms with Gasteiger partial charge in [0.1, 0.15) is 0 Å². The first kappa shape index (κ1) is 13.4. The first-order chi connectivity index (χ1) is 9.54. The molecule has 2 aliphatic carbocycles. The van der Waals surface area contributed by atoms with Crippen molar-refractivity contribution in [3.8, 4) is 0 Å². The largest absolute Gasteiger partial charge is 0.382 e. The number of aryl methyl sites for hydroxylation is 1. The highest BCUT2D eigenvalue weighted by Gasteiger charge is 2.41. The number of nitrogens with zero attached hydrogens (tertiary/aromatic N) is 1. The first-order valence-corrected chi connectivity index (χ1v) is 7.56. The van der Waals surface area contributed by atoms with Gasteiger partial charge in [-0.25, -0.2) is 0 Å². The smallest absolute Gasteiger partial charge is 0.272 e. The number of benzene rings is 1. The predicted octanol–water partition coefficient (Wildman–Crippen LogP) is 4.14. The topological polar surface area (TPSA) is 55.2 Å². The van der Waals surface area contributed by atoms with E-state index in [1.165, 1.54) is 25.7 Å². The van der Waals surface area contributed by atoms with Crippen molar-refractivity contribution in [2.24, 2.45) is 17.8 Å². The zero-order valence-corrected chi connectivity index (χ0v) is 12.1. The first-order valence-electron chi connectivity index (χ1n) is 7.56. The fourth-order valence-electron chi connectivity index (χ4n) is 4.23. The molecule has 2 bridgehead atoms. The maximum absolute atomic E-state index is 10.8. The van der Waals surface area contributed by atoms with Gasteiger partial charge in [-0.05, 0) is 63.0 Å². The van der Waals surface area contributed by atoms with E-state index >= 15 is 0 Å². The Balaban J connectivity index is 1.68. The number of hydrogen-bond acceptors (Lipinski definition) is 3. The normalized spacial score (nSPS) is 29.4. The Labute approximate surface area is 119 Å². The van der Waals surface area contributed by atoms with Crippen LogP contribution in [0.25, 0.3) is 0 Å². The molecule has 0 aliphatic heterocycles. The molecular formula is C16H22N2O2. The zero-order chi connectivity index (χ0) is 14.3. The predicted molar refractivity (Wildman–Crippen MR) is 79.9 cm³/mol. The molecule has 108 valence electrons. The van der Waals surface area contributed by atoms with Crippen LogP contribution in [0.5, 0.6) is 0 Å². The molecule has 4 atom stereocenters. The molecule has 20 heavy (non-hydrogen) atoms. The van der Waals surface area contributed by atoms with E-state index in [0.717, 1.165) is 29.0 Å². The van der Waals surface area contributed by atoms with Crippen molar-refractivity contribution in [1.29, 1.82) is 0 Å². The lowest BCUT2D eigenvalue weighted by molar-refractivity contribution is -0.385. The van der Waals surface area contributed by atoms with E-state index in [1.807, 2.05) is 12.1 Å². The zero-order valence-electron chi connectivity index (χ0n) is 12.1. The van der Waals surface area contributed by atoms with Gasteiger partial charge < -0.3 is 5.32 Å². The minimum absolute atomic E-state index is 0.197. The van der Waals surface area contributed by atoms with E-state index < -0.39 is 0 Å². The quantitative estimate of drug-likeness (QED) is 0.663. The maximum atomic E-state index is 10.8. The van der Waals surface area contributed by atoms with Crippen LogP contribution >= 0.6 is 0 Å². The third-order valence-corrected chi connectivity index (χ3v) is 5.22. The van der Waals surface area contributed by atoms with Crippen LogP contribution in [0.4, 0.5) is 11.4 Å². The summed E-state index contributed by atoms with van der Waals surface area (Å²) in [7, 11) is 0. The Bertz CT molecular complexity index is 529. The molecule has 3 rings (SSSR count). The second kappa shape index (κ2) is 5.08. The van der Waals surface area contributed by atoms with Gasteiger partial charge in [-0.3, -0.25) is 10.1 Å². The lowest BCUT2D eigenvalue weighted by Gasteiger charge is -2.29. The van der Waals surface area contributed by atoms with Crippen molar-refractivity contribution in [2.75, 3.05) is 5.32 Å². The summed E-state index contributed by atoms with van der Waals surface area (Å²) in [4.78, 5) is 10.5. The molecule has 0 heterocycles. The number of nitro groups is 1. The summed E-state index contributed by atoms with van der Waals surface area (Å²) >= 11 is 0. The van der Waals surface area contributed by atoms with Crippen LogP contribution < -0.4 is 5.32 Å². The minimum atomic E-state index is -0.321. The van der Waals surface area contributed by atoms with Gasteiger partial charge in [0.05, 0.1) is 4.92 Å². The fourth-order valence-corrected chi connectivity index (χ4v) is 4.23. The van der Waals surface area contributed by atoms with Gasteiger partial charge in [0.25, 0.3) is 5.69 Å². The SMILES string of the molecule is Cc1cc(NC(C)C2CC3CCC2C3)ccc1[N+](=O)[O-]. The van der Waals surface area contributed by atoms with Gasteiger partial charge in [0.2, 0.25) is 0 Å². The average molecular weight is 274 g/mol. The van der Waals surface area contributed by atoms with Crippen LogP contribution in [0.1, 0.15) is 38.2 Å². The van der Waals surface area contributed by atoms with Gasteiger partial charge in [-0.2, -0.15) is 0 Å². The number of nitrogens with one attached hydrogen (secondary N) is 1. The number of anilines is 1.